The summed E-state index contributed by atoms with van der Waals surface area (Å²) in [6.45, 7) is 1.60. The van der Waals surface area contributed by atoms with E-state index >= 15 is 0 Å². The van der Waals surface area contributed by atoms with Crippen LogP contribution in [0.4, 0.5) is 9.93 Å². The number of benzene rings is 2. The molecular weight excluding hydrogens is 416 g/mol. The quantitative estimate of drug-likeness (QED) is 0.483. The number of hydrogen-bond donors (Lipinski definition) is 1. The van der Waals surface area contributed by atoms with Gasteiger partial charge in [-0.25, -0.2) is 18.2 Å². The maximum atomic E-state index is 12.6. The highest BCUT2D eigenvalue weighted by Crippen LogP contribution is 2.27. The molecule has 3 aromatic rings. The fourth-order valence-corrected chi connectivity index (χ4v) is 4.50. The third-order valence-corrected chi connectivity index (χ3v) is 5.71. The molecule has 2 aromatic carbocycles. The fourth-order valence-electron chi connectivity index (χ4n) is 2.38. The summed E-state index contributed by atoms with van der Waals surface area (Å²) in [5.41, 5.74) is 0.0614. The Hall–Kier alpha value is -3.24. The zero-order valence-electron chi connectivity index (χ0n) is 15.4. The fraction of sp³-hybridized carbons (Fsp3) is 0.105. The Kier molecular flexibility index (Phi) is 5.95. The molecule has 0 saturated heterocycles. The van der Waals surface area contributed by atoms with Crippen LogP contribution in [0.5, 0.6) is 11.5 Å². The van der Waals surface area contributed by atoms with Crippen molar-refractivity contribution in [3.63, 3.8) is 0 Å². The maximum Gasteiger partial charge on any atom is 0.519 e. The van der Waals surface area contributed by atoms with Gasteiger partial charge in [0.2, 0.25) is 0 Å². The summed E-state index contributed by atoms with van der Waals surface area (Å²) in [7, 11) is -3.50. The molecule has 0 unspecified atom stereocenters. The topological polar surface area (TPSA) is 112 Å². The number of amides is 1. The number of thiazole rings is 1. The minimum absolute atomic E-state index is 0.0115. The van der Waals surface area contributed by atoms with Crippen molar-refractivity contribution in [3.8, 4) is 11.5 Å². The molecule has 0 atom stereocenters. The predicted octanol–water partition coefficient (Wildman–Crippen LogP) is 3.69. The van der Waals surface area contributed by atoms with Gasteiger partial charge < -0.3 is 9.47 Å². The molecule has 8 nitrogen and oxygen atoms in total. The molecule has 0 radical (unpaired) electrons. The Morgan fingerprint density at radius 1 is 1.00 bits per heavy atom. The Balaban J connectivity index is 1.76. The van der Waals surface area contributed by atoms with Crippen molar-refractivity contribution >= 4 is 38.4 Å². The van der Waals surface area contributed by atoms with Crippen LogP contribution in [0.15, 0.2) is 59.6 Å². The van der Waals surface area contributed by atoms with E-state index in [4.69, 9.17) is 9.47 Å². The number of anilines is 1. The molecule has 0 aliphatic heterocycles. The van der Waals surface area contributed by atoms with E-state index in [1.54, 1.807) is 49.4 Å². The second-order valence-corrected chi connectivity index (χ2v) is 9.00. The number of ether oxygens (including phenoxy) is 2. The lowest BCUT2D eigenvalue weighted by atomic mass is 10.2. The lowest BCUT2D eigenvalue weighted by Crippen LogP contribution is -2.18. The Morgan fingerprint density at radius 3 is 2.31 bits per heavy atom. The molecule has 0 aliphatic rings. The van der Waals surface area contributed by atoms with Gasteiger partial charge in [0.05, 0.1) is 5.56 Å². The van der Waals surface area contributed by atoms with Crippen molar-refractivity contribution in [1.29, 1.82) is 0 Å². The highest BCUT2D eigenvalue weighted by atomic mass is 32.2. The van der Waals surface area contributed by atoms with Crippen LogP contribution in [0.25, 0.3) is 0 Å². The molecule has 1 heterocycles. The standard InChI is InChI=1S/C19H16N2O6S2/c1-12-17(29(2,24)25)21-18(28-12)20-16(22)14-10-6-7-11-15(14)27-19(23)26-13-8-4-3-5-9-13/h3-11H,1-2H3,(H,20,21,22). The Labute approximate surface area is 171 Å². The second kappa shape index (κ2) is 8.41. The van der Waals surface area contributed by atoms with Crippen molar-refractivity contribution in [2.24, 2.45) is 0 Å². The number of nitrogens with one attached hydrogen (secondary N) is 1. The summed E-state index contributed by atoms with van der Waals surface area (Å²) in [4.78, 5) is 29.1. The number of hydrogen-bond acceptors (Lipinski definition) is 8. The molecule has 150 valence electrons. The van der Waals surface area contributed by atoms with Crippen LogP contribution in [0, 0.1) is 6.92 Å². The zero-order chi connectivity index (χ0) is 21.0. The number of rotatable bonds is 5. The third-order valence-electron chi connectivity index (χ3n) is 3.60. The van der Waals surface area contributed by atoms with Gasteiger partial charge in [0.15, 0.2) is 20.0 Å². The summed E-state index contributed by atoms with van der Waals surface area (Å²) < 4.78 is 33.6. The summed E-state index contributed by atoms with van der Waals surface area (Å²) >= 11 is 1.03. The molecule has 1 aromatic heterocycles. The molecular formula is C19H16N2O6S2. The average molecular weight is 432 g/mol. The van der Waals surface area contributed by atoms with Gasteiger partial charge >= 0.3 is 6.16 Å². The van der Waals surface area contributed by atoms with Crippen molar-refractivity contribution < 1.29 is 27.5 Å². The average Bonchev–Trinajstić information content (AvgIpc) is 3.03. The van der Waals surface area contributed by atoms with E-state index < -0.39 is 21.9 Å². The minimum Gasteiger partial charge on any atom is -0.395 e. The van der Waals surface area contributed by atoms with E-state index in [0.29, 0.717) is 10.6 Å². The van der Waals surface area contributed by atoms with Gasteiger partial charge in [0, 0.05) is 11.1 Å². The molecule has 1 amide bonds. The summed E-state index contributed by atoms with van der Waals surface area (Å²) in [5, 5.41) is 2.56. The molecule has 0 bridgehead atoms. The van der Waals surface area contributed by atoms with Crippen LogP contribution in [0.3, 0.4) is 0 Å². The van der Waals surface area contributed by atoms with Crippen molar-refractivity contribution in [2.45, 2.75) is 11.9 Å². The smallest absolute Gasteiger partial charge is 0.395 e. The molecule has 3 rings (SSSR count). The lowest BCUT2D eigenvalue weighted by Gasteiger charge is -2.09. The second-order valence-electron chi connectivity index (χ2n) is 5.87. The van der Waals surface area contributed by atoms with Gasteiger partial charge in [-0.05, 0) is 31.2 Å². The largest absolute Gasteiger partial charge is 0.519 e. The molecule has 0 spiro atoms. The van der Waals surface area contributed by atoms with E-state index in [1.165, 1.54) is 12.1 Å². The van der Waals surface area contributed by atoms with E-state index in [0.717, 1.165) is 17.6 Å². The molecule has 0 saturated carbocycles. The number of sulfone groups is 1. The maximum absolute atomic E-state index is 12.6. The normalized spacial score (nSPS) is 11.0. The number of carbonyl (C=O) groups excluding carboxylic acids is 2. The monoisotopic (exact) mass is 432 g/mol. The summed E-state index contributed by atoms with van der Waals surface area (Å²) in [6, 6.07) is 14.4. The Bertz CT molecular complexity index is 1160. The van der Waals surface area contributed by atoms with Gasteiger partial charge in [0.1, 0.15) is 11.5 Å². The van der Waals surface area contributed by atoms with Crippen LogP contribution in [0.2, 0.25) is 0 Å². The SMILES string of the molecule is Cc1sc(NC(=O)c2ccccc2OC(=O)Oc2ccccc2)nc1S(C)(=O)=O. The first-order chi connectivity index (χ1) is 13.7. The number of nitrogens with zero attached hydrogens (tertiary/aromatic N) is 1. The molecule has 0 fully saturated rings. The highest BCUT2D eigenvalue weighted by Gasteiger charge is 2.21. The van der Waals surface area contributed by atoms with Gasteiger partial charge in [-0.3, -0.25) is 10.1 Å². The van der Waals surface area contributed by atoms with Crippen molar-refractivity contribution in [1.82, 2.24) is 4.98 Å². The van der Waals surface area contributed by atoms with E-state index in [1.807, 2.05) is 0 Å². The Morgan fingerprint density at radius 2 is 1.66 bits per heavy atom. The number of aryl methyl sites for hydroxylation is 1. The van der Waals surface area contributed by atoms with Gasteiger partial charge in [-0.2, -0.15) is 0 Å². The molecule has 0 aliphatic carbocycles. The van der Waals surface area contributed by atoms with Crippen molar-refractivity contribution in [3.05, 3.63) is 65.0 Å². The van der Waals surface area contributed by atoms with E-state index in [2.05, 4.69) is 10.3 Å². The number of aromatic nitrogens is 1. The predicted molar refractivity (Wildman–Crippen MR) is 107 cm³/mol. The third kappa shape index (κ3) is 5.18. The van der Waals surface area contributed by atoms with Crippen LogP contribution in [0.1, 0.15) is 15.2 Å². The van der Waals surface area contributed by atoms with E-state index in [9.17, 15) is 18.0 Å². The number of para-hydroxylation sites is 2. The van der Waals surface area contributed by atoms with Crippen LogP contribution >= 0.6 is 11.3 Å². The first-order valence-electron chi connectivity index (χ1n) is 8.26. The van der Waals surface area contributed by atoms with Gasteiger partial charge in [-0.15, -0.1) is 11.3 Å². The summed E-state index contributed by atoms with van der Waals surface area (Å²) in [6.07, 6.45) is 0.0446. The van der Waals surface area contributed by atoms with Crippen LogP contribution in [-0.2, 0) is 9.84 Å². The minimum atomic E-state index is -3.50. The molecule has 1 N–H and O–H groups in total. The number of carbonyl (C=O) groups is 2. The first kappa shape index (κ1) is 20.5. The molecule has 10 heteroatoms. The van der Waals surface area contributed by atoms with Crippen molar-refractivity contribution in [2.75, 3.05) is 11.6 Å². The highest BCUT2D eigenvalue weighted by molar-refractivity contribution is 7.90. The van der Waals surface area contributed by atoms with Gasteiger partial charge in [-0.1, -0.05) is 30.3 Å². The first-order valence-corrected chi connectivity index (χ1v) is 11.0. The van der Waals surface area contributed by atoms with Gasteiger partial charge in [0.25, 0.3) is 5.91 Å². The van der Waals surface area contributed by atoms with Crippen LogP contribution in [-0.4, -0.2) is 31.7 Å². The zero-order valence-corrected chi connectivity index (χ0v) is 17.0. The molecule has 29 heavy (non-hydrogen) atoms. The lowest BCUT2D eigenvalue weighted by molar-refractivity contribution is 0.102. The van der Waals surface area contributed by atoms with E-state index in [-0.39, 0.29) is 21.5 Å². The van der Waals surface area contributed by atoms with Crippen LogP contribution < -0.4 is 14.8 Å². The summed E-state index contributed by atoms with van der Waals surface area (Å²) in [5.74, 6) is -0.324.